The first-order chi connectivity index (χ1) is 7.58. The van der Waals surface area contributed by atoms with E-state index in [0.717, 1.165) is 31.7 Å². The van der Waals surface area contributed by atoms with Crippen molar-refractivity contribution in [3.05, 3.63) is 0 Å². The Labute approximate surface area is 99.3 Å². The van der Waals surface area contributed by atoms with Crippen LogP contribution in [0.5, 0.6) is 0 Å². The third kappa shape index (κ3) is 5.47. The minimum absolute atomic E-state index is 0.320. The first kappa shape index (κ1) is 13.5. The summed E-state index contributed by atoms with van der Waals surface area (Å²) in [5, 5.41) is 7.14. The predicted octanol–water partition coefficient (Wildman–Crippen LogP) is 0.976. The standard InChI is InChI=1S/C12H26N4/c1-15(7-4-3-5-12(13)14)9-11-6-8-16(2)10-11/h11H,3-10H2,1-2H3,(H3,13,14). The van der Waals surface area contributed by atoms with Crippen molar-refractivity contribution in [3.8, 4) is 0 Å². The van der Waals surface area contributed by atoms with Crippen molar-refractivity contribution in [2.45, 2.75) is 25.7 Å². The molecule has 0 aromatic heterocycles. The Kier molecular flexibility index (Phi) is 5.77. The van der Waals surface area contributed by atoms with E-state index in [0.29, 0.717) is 5.84 Å². The van der Waals surface area contributed by atoms with Gasteiger partial charge in [0.25, 0.3) is 0 Å². The number of rotatable bonds is 7. The smallest absolute Gasteiger partial charge is 0.0905 e. The van der Waals surface area contributed by atoms with E-state index in [4.69, 9.17) is 11.1 Å². The fourth-order valence-corrected chi connectivity index (χ4v) is 2.40. The van der Waals surface area contributed by atoms with Crippen LogP contribution in [-0.2, 0) is 0 Å². The van der Waals surface area contributed by atoms with Crippen LogP contribution < -0.4 is 5.73 Å². The van der Waals surface area contributed by atoms with Gasteiger partial charge in [-0.3, -0.25) is 5.41 Å². The number of hydrogen-bond acceptors (Lipinski definition) is 3. The van der Waals surface area contributed by atoms with Crippen molar-refractivity contribution >= 4 is 5.84 Å². The van der Waals surface area contributed by atoms with Crippen molar-refractivity contribution in [1.29, 1.82) is 5.41 Å². The van der Waals surface area contributed by atoms with Gasteiger partial charge in [0.2, 0.25) is 0 Å². The molecule has 0 amide bonds. The molecule has 1 unspecified atom stereocenters. The molecule has 1 aliphatic rings. The lowest BCUT2D eigenvalue weighted by Crippen LogP contribution is -2.28. The van der Waals surface area contributed by atoms with Gasteiger partial charge in [0.15, 0.2) is 0 Å². The monoisotopic (exact) mass is 226 g/mol. The third-order valence-corrected chi connectivity index (χ3v) is 3.29. The second kappa shape index (κ2) is 6.86. The van der Waals surface area contributed by atoms with Gasteiger partial charge < -0.3 is 15.5 Å². The summed E-state index contributed by atoms with van der Waals surface area (Å²) < 4.78 is 0. The van der Waals surface area contributed by atoms with Crippen LogP contribution in [-0.4, -0.2) is 55.9 Å². The Hall–Kier alpha value is -0.610. The molecule has 94 valence electrons. The van der Waals surface area contributed by atoms with Crippen molar-refractivity contribution in [1.82, 2.24) is 9.80 Å². The van der Waals surface area contributed by atoms with Crippen LogP contribution in [0.3, 0.4) is 0 Å². The van der Waals surface area contributed by atoms with Crippen LogP contribution in [0.1, 0.15) is 25.7 Å². The first-order valence-electron chi connectivity index (χ1n) is 6.28. The topological polar surface area (TPSA) is 56.4 Å². The highest BCUT2D eigenvalue weighted by Crippen LogP contribution is 2.15. The van der Waals surface area contributed by atoms with Crippen LogP contribution in [0.4, 0.5) is 0 Å². The maximum absolute atomic E-state index is 7.14. The molecule has 0 aromatic rings. The molecule has 4 nitrogen and oxygen atoms in total. The van der Waals surface area contributed by atoms with Gasteiger partial charge in [-0.2, -0.15) is 0 Å². The summed E-state index contributed by atoms with van der Waals surface area (Å²) in [7, 11) is 4.40. The lowest BCUT2D eigenvalue weighted by Gasteiger charge is -2.20. The van der Waals surface area contributed by atoms with Gasteiger partial charge >= 0.3 is 0 Å². The first-order valence-corrected chi connectivity index (χ1v) is 6.28. The van der Waals surface area contributed by atoms with E-state index in [9.17, 15) is 0 Å². The molecule has 1 aliphatic heterocycles. The number of unbranched alkanes of at least 4 members (excludes halogenated alkanes) is 1. The molecule has 3 N–H and O–H groups in total. The molecule has 0 aromatic carbocycles. The third-order valence-electron chi connectivity index (χ3n) is 3.29. The lowest BCUT2D eigenvalue weighted by molar-refractivity contribution is 0.269. The van der Waals surface area contributed by atoms with E-state index in [1.54, 1.807) is 0 Å². The number of likely N-dealkylation sites (tertiary alicyclic amines) is 1. The average molecular weight is 226 g/mol. The Morgan fingerprint density at radius 1 is 1.50 bits per heavy atom. The molecule has 0 bridgehead atoms. The SMILES string of the molecule is CN(CCCCC(=N)N)CC1CCN(C)C1. The fraction of sp³-hybridized carbons (Fsp3) is 0.917. The quantitative estimate of drug-likeness (QED) is 0.386. The Bertz CT molecular complexity index is 217. The molecule has 1 rings (SSSR count). The van der Waals surface area contributed by atoms with E-state index in [2.05, 4.69) is 23.9 Å². The van der Waals surface area contributed by atoms with Crippen LogP contribution in [0, 0.1) is 11.3 Å². The average Bonchev–Trinajstić information content (AvgIpc) is 2.58. The van der Waals surface area contributed by atoms with Gasteiger partial charge in [-0.1, -0.05) is 0 Å². The predicted molar refractivity (Wildman–Crippen MR) is 68.9 cm³/mol. The molecular weight excluding hydrogens is 200 g/mol. The second-order valence-corrected chi connectivity index (χ2v) is 5.16. The molecule has 1 atom stereocenters. The van der Waals surface area contributed by atoms with Gasteiger partial charge in [0.05, 0.1) is 5.84 Å². The van der Waals surface area contributed by atoms with Gasteiger partial charge in [0, 0.05) is 19.5 Å². The van der Waals surface area contributed by atoms with Crippen molar-refractivity contribution in [2.75, 3.05) is 40.3 Å². The molecule has 0 spiro atoms. The van der Waals surface area contributed by atoms with Gasteiger partial charge in [-0.15, -0.1) is 0 Å². The van der Waals surface area contributed by atoms with Crippen LogP contribution >= 0.6 is 0 Å². The van der Waals surface area contributed by atoms with E-state index in [-0.39, 0.29) is 0 Å². The largest absolute Gasteiger partial charge is 0.388 e. The van der Waals surface area contributed by atoms with E-state index in [1.807, 2.05) is 0 Å². The molecule has 0 saturated carbocycles. The van der Waals surface area contributed by atoms with Gasteiger partial charge in [0.1, 0.15) is 0 Å². The molecular formula is C12H26N4. The molecule has 1 heterocycles. The number of amidine groups is 1. The van der Waals surface area contributed by atoms with E-state index in [1.165, 1.54) is 26.1 Å². The summed E-state index contributed by atoms with van der Waals surface area (Å²) in [6.07, 6.45) is 4.29. The Balaban J connectivity index is 2.02. The maximum atomic E-state index is 7.14. The second-order valence-electron chi connectivity index (χ2n) is 5.16. The zero-order chi connectivity index (χ0) is 12.0. The minimum Gasteiger partial charge on any atom is -0.388 e. The number of nitrogens with zero attached hydrogens (tertiary/aromatic N) is 2. The lowest BCUT2D eigenvalue weighted by atomic mass is 10.1. The number of nitrogens with two attached hydrogens (primary N) is 1. The van der Waals surface area contributed by atoms with E-state index >= 15 is 0 Å². The molecule has 1 saturated heterocycles. The maximum Gasteiger partial charge on any atom is 0.0905 e. The highest BCUT2D eigenvalue weighted by atomic mass is 15.1. The summed E-state index contributed by atoms with van der Waals surface area (Å²) in [6.45, 7) is 4.85. The highest BCUT2D eigenvalue weighted by molar-refractivity contribution is 5.76. The summed E-state index contributed by atoms with van der Waals surface area (Å²) in [4.78, 5) is 4.83. The van der Waals surface area contributed by atoms with Gasteiger partial charge in [-0.25, -0.2) is 0 Å². The number of hydrogen-bond donors (Lipinski definition) is 2. The summed E-state index contributed by atoms with van der Waals surface area (Å²) in [5.74, 6) is 1.17. The fourth-order valence-electron chi connectivity index (χ4n) is 2.40. The molecule has 0 aliphatic carbocycles. The number of nitrogens with one attached hydrogen (secondary N) is 1. The zero-order valence-corrected chi connectivity index (χ0v) is 10.7. The van der Waals surface area contributed by atoms with Crippen molar-refractivity contribution in [2.24, 2.45) is 11.7 Å². The normalized spacial score (nSPS) is 21.8. The Morgan fingerprint density at radius 3 is 2.81 bits per heavy atom. The molecule has 16 heavy (non-hydrogen) atoms. The minimum atomic E-state index is 0.320. The van der Waals surface area contributed by atoms with Crippen LogP contribution in [0.15, 0.2) is 0 Å². The van der Waals surface area contributed by atoms with Gasteiger partial charge in [-0.05, 0) is 52.4 Å². The Morgan fingerprint density at radius 2 is 2.25 bits per heavy atom. The molecule has 1 fully saturated rings. The summed E-state index contributed by atoms with van der Waals surface area (Å²) in [6, 6.07) is 0. The van der Waals surface area contributed by atoms with Crippen molar-refractivity contribution in [3.63, 3.8) is 0 Å². The highest BCUT2D eigenvalue weighted by Gasteiger charge is 2.20. The van der Waals surface area contributed by atoms with Crippen LogP contribution in [0.25, 0.3) is 0 Å². The van der Waals surface area contributed by atoms with Crippen molar-refractivity contribution < 1.29 is 0 Å². The summed E-state index contributed by atoms with van der Waals surface area (Å²) >= 11 is 0. The molecule has 0 radical (unpaired) electrons. The zero-order valence-electron chi connectivity index (χ0n) is 10.7. The van der Waals surface area contributed by atoms with Crippen LogP contribution in [0.2, 0.25) is 0 Å². The van der Waals surface area contributed by atoms with E-state index < -0.39 is 0 Å². The summed E-state index contributed by atoms with van der Waals surface area (Å²) in [5.41, 5.74) is 5.32. The molecule has 4 heteroatoms.